The average molecular weight is 296 g/mol. The Hall–Kier alpha value is -1.30. The van der Waals surface area contributed by atoms with E-state index in [4.69, 9.17) is 15.3 Å². The summed E-state index contributed by atoms with van der Waals surface area (Å²) in [5.74, 6) is -1.75. The molecule has 0 aliphatic rings. The molecular formula is C10H20N2O8. The number of carboxylic acid groups (broad SMARTS) is 1. The lowest BCUT2D eigenvalue weighted by Crippen LogP contribution is -2.50. The van der Waals surface area contributed by atoms with Crippen molar-refractivity contribution in [2.24, 2.45) is 0 Å². The second-order valence-electron chi connectivity index (χ2n) is 4.10. The minimum atomic E-state index is -1.77. The number of amides is 1. The maximum atomic E-state index is 11.2. The largest absolute Gasteiger partial charge is 0.480 e. The smallest absolute Gasteiger partial charge is 0.317 e. The first-order valence-electron chi connectivity index (χ1n) is 5.82. The van der Waals surface area contributed by atoms with E-state index in [1.165, 1.54) is 0 Å². The molecule has 0 heterocycles. The number of carbonyl (C=O) groups excluding carboxylic acids is 1. The van der Waals surface area contributed by atoms with Crippen molar-refractivity contribution in [2.45, 2.75) is 24.4 Å². The summed E-state index contributed by atoms with van der Waals surface area (Å²) >= 11 is 0. The molecule has 0 aliphatic heterocycles. The molecule has 0 spiro atoms. The minimum absolute atomic E-state index is 0.295. The van der Waals surface area contributed by atoms with Gasteiger partial charge in [-0.15, -0.1) is 0 Å². The van der Waals surface area contributed by atoms with Crippen LogP contribution in [0.4, 0.5) is 0 Å². The van der Waals surface area contributed by atoms with Crippen LogP contribution in [0.1, 0.15) is 0 Å². The molecule has 0 saturated carbocycles. The number of carboxylic acids is 1. The Kier molecular flexibility index (Phi) is 8.96. The number of carbonyl (C=O) groups is 2. The molecule has 0 radical (unpaired) electrons. The van der Waals surface area contributed by atoms with Crippen LogP contribution in [0, 0.1) is 0 Å². The summed E-state index contributed by atoms with van der Waals surface area (Å²) in [7, 11) is 0. The second kappa shape index (κ2) is 9.58. The van der Waals surface area contributed by atoms with E-state index in [-0.39, 0.29) is 6.54 Å². The zero-order valence-electron chi connectivity index (χ0n) is 10.6. The number of aliphatic carboxylic acids is 1. The van der Waals surface area contributed by atoms with Crippen molar-refractivity contribution >= 4 is 11.9 Å². The minimum Gasteiger partial charge on any atom is -0.480 e. The average Bonchev–Trinajstić information content (AvgIpc) is 2.41. The Morgan fingerprint density at radius 3 is 2.00 bits per heavy atom. The fourth-order valence-corrected chi connectivity index (χ4v) is 1.25. The van der Waals surface area contributed by atoms with Crippen molar-refractivity contribution in [1.82, 2.24) is 10.6 Å². The molecule has 118 valence electrons. The number of aliphatic hydroxyl groups excluding tert-OH is 5. The monoisotopic (exact) mass is 296 g/mol. The number of rotatable bonds is 10. The summed E-state index contributed by atoms with van der Waals surface area (Å²) < 4.78 is 0. The van der Waals surface area contributed by atoms with Crippen molar-refractivity contribution in [3.8, 4) is 0 Å². The van der Waals surface area contributed by atoms with Crippen LogP contribution in [0.3, 0.4) is 0 Å². The van der Waals surface area contributed by atoms with E-state index in [9.17, 15) is 24.9 Å². The molecule has 0 aliphatic carbocycles. The van der Waals surface area contributed by atoms with Crippen LogP contribution in [0.15, 0.2) is 0 Å². The summed E-state index contributed by atoms with van der Waals surface area (Å²) in [5.41, 5.74) is 0. The first kappa shape index (κ1) is 18.7. The normalized spacial score (nSPS) is 17.1. The molecule has 0 saturated heterocycles. The van der Waals surface area contributed by atoms with E-state index >= 15 is 0 Å². The van der Waals surface area contributed by atoms with E-state index in [0.29, 0.717) is 0 Å². The molecule has 0 fully saturated rings. The molecule has 0 aromatic heterocycles. The summed E-state index contributed by atoms with van der Waals surface area (Å²) in [6.45, 7) is -1.91. The number of nitrogens with one attached hydrogen (secondary N) is 2. The van der Waals surface area contributed by atoms with Crippen molar-refractivity contribution in [2.75, 3.05) is 26.2 Å². The molecule has 20 heavy (non-hydrogen) atoms. The molecule has 10 nitrogen and oxygen atoms in total. The van der Waals surface area contributed by atoms with Crippen LogP contribution in [0.5, 0.6) is 0 Å². The first-order valence-corrected chi connectivity index (χ1v) is 5.82. The lowest BCUT2D eigenvalue weighted by atomic mass is 10.0. The van der Waals surface area contributed by atoms with Crippen molar-refractivity contribution < 1.29 is 40.2 Å². The zero-order valence-corrected chi connectivity index (χ0v) is 10.6. The van der Waals surface area contributed by atoms with E-state index < -0.39 is 56.0 Å². The third-order valence-electron chi connectivity index (χ3n) is 2.40. The molecule has 8 N–H and O–H groups in total. The van der Waals surface area contributed by atoms with E-state index in [1.54, 1.807) is 0 Å². The quantitative estimate of drug-likeness (QED) is 0.196. The lowest BCUT2D eigenvalue weighted by molar-refractivity contribution is -0.136. The van der Waals surface area contributed by atoms with Gasteiger partial charge in [0, 0.05) is 6.54 Å². The van der Waals surface area contributed by atoms with Crippen LogP contribution < -0.4 is 10.6 Å². The fraction of sp³-hybridized carbons (Fsp3) is 0.800. The molecule has 4 unspecified atom stereocenters. The van der Waals surface area contributed by atoms with Gasteiger partial charge in [0.2, 0.25) is 5.91 Å². The molecule has 0 aromatic carbocycles. The zero-order chi connectivity index (χ0) is 15.7. The van der Waals surface area contributed by atoms with Gasteiger partial charge in [0.05, 0.1) is 25.8 Å². The van der Waals surface area contributed by atoms with Crippen LogP contribution >= 0.6 is 0 Å². The number of aliphatic hydroxyl groups is 5. The Labute approximate surface area is 114 Å². The van der Waals surface area contributed by atoms with Crippen molar-refractivity contribution in [3.05, 3.63) is 0 Å². The maximum absolute atomic E-state index is 11.2. The van der Waals surface area contributed by atoms with Gasteiger partial charge >= 0.3 is 5.97 Å². The van der Waals surface area contributed by atoms with Gasteiger partial charge in [-0.25, -0.2) is 0 Å². The molecule has 0 rings (SSSR count). The van der Waals surface area contributed by atoms with Gasteiger partial charge in [-0.2, -0.15) is 0 Å². The van der Waals surface area contributed by atoms with Gasteiger partial charge in [0.15, 0.2) is 0 Å². The standard InChI is InChI=1S/C10H20N2O8/c13-4-6(15)10(20)9(19)5(14)1-12-7(16)2-11-3-8(17)18/h5-6,9-11,13-15,19-20H,1-4H2,(H,12,16)(H,17,18). The van der Waals surface area contributed by atoms with E-state index in [0.717, 1.165) is 0 Å². The maximum Gasteiger partial charge on any atom is 0.317 e. The van der Waals surface area contributed by atoms with Crippen molar-refractivity contribution in [3.63, 3.8) is 0 Å². The first-order chi connectivity index (χ1) is 9.29. The number of hydrogen-bond donors (Lipinski definition) is 8. The topological polar surface area (TPSA) is 180 Å². The molecule has 4 atom stereocenters. The third-order valence-corrected chi connectivity index (χ3v) is 2.40. The van der Waals surface area contributed by atoms with Gasteiger partial charge in [-0.05, 0) is 0 Å². The highest BCUT2D eigenvalue weighted by Crippen LogP contribution is 2.04. The molecule has 1 amide bonds. The van der Waals surface area contributed by atoms with Crippen LogP contribution in [-0.2, 0) is 9.59 Å². The highest BCUT2D eigenvalue weighted by Gasteiger charge is 2.30. The summed E-state index contributed by atoms with van der Waals surface area (Å²) in [5, 5.41) is 58.7. The third kappa shape index (κ3) is 7.33. The molecular weight excluding hydrogens is 276 g/mol. The Bertz CT molecular complexity index is 314. The van der Waals surface area contributed by atoms with Crippen LogP contribution in [-0.4, -0.2) is 93.2 Å². The van der Waals surface area contributed by atoms with E-state index in [2.05, 4.69) is 10.6 Å². The van der Waals surface area contributed by atoms with Crippen molar-refractivity contribution in [1.29, 1.82) is 0 Å². The highest BCUT2D eigenvalue weighted by atomic mass is 16.4. The predicted octanol–water partition coefficient (Wildman–Crippen LogP) is -4.79. The SMILES string of the molecule is O=C(O)CNCC(=O)NCC(O)C(O)C(O)C(O)CO. The second-order valence-corrected chi connectivity index (χ2v) is 4.10. The summed E-state index contributed by atoms with van der Waals surface area (Å²) in [6, 6.07) is 0. The highest BCUT2D eigenvalue weighted by molar-refractivity contribution is 5.78. The van der Waals surface area contributed by atoms with Gasteiger partial charge in [-0.1, -0.05) is 0 Å². The predicted molar refractivity (Wildman–Crippen MR) is 64.6 cm³/mol. The Morgan fingerprint density at radius 2 is 1.50 bits per heavy atom. The summed E-state index contributed by atoms with van der Waals surface area (Å²) in [4.78, 5) is 21.4. The fourth-order valence-electron chi connectivity index (χ4n) is 1.25. The van der Waals surface area contributed by atoms with Crippen LogP contribution in [0.25, 0.3) is 0 Å². The van der Waals surface area contributed by atoms with Gasteiger partial charge in [0.1, 0.15) is 18.3 Å². The van der Waals surface area contributed by atoms with Gasteiger partial charge < -0.3 is 36.0 Å². The molecule has 0 aromatic rings. The van der Waals surface area contributed by atoms with E-state index in [1.807, 2.05) is 0 Å². The molecule has 10 heteroatoms. The Morgan fingerprint density at radius 1 is 0.950 bits per heavy atom. The van der Waals surface area contributed by atoms with Gasteiger partial charge in [0.25, 0.3) is 0 Å². The van der Waals surface area contributed by atoms with Crippen LogP contribution in [0.2, 0.25) is 0 Å². The Balaban J connectivity index is 3.99. The lowest BCUT2D eigenvalue weighted by Gasteiger charge is -2.25. The molecule has 0 bridgehead atoms. The van der Waals surface area contributed by atoms with Gasteiger partial charge in [-0.3, -0.25) is 14.9 Å². The summed E-state index contributed by atoms with van der Waals surface area (Å²) in [6.07, 6.45) is -6.70. The number of hydrogen-bond acceptors (Lipinski definition) is 8.